The first kappa shape index (κ1) is 36.6. The number of aliphatic hydroxyl groups excluding tert-OH is 4. The number of amides is 1. The van der Waals surface area contributed by atoms with Gasteiger partial charge in [-0.3, -0.25) is 8.98 Å². The average Bonchev–Trinajstić information content (AvgIpc) is 2.69. The summed E-state index contributed by atoms with van der Waals surface area (Å²) in [7, 11) is -3.90. The molecule has 0 aliphatic carbocycles. The quantitative estimate of drug-likeness (QED) is 0.0879. The molecule has 2 heterocycles. The van der Waals surface area contributed by atoms with Crippen molar-refractivity contribution in [1.82, 2.24) is 5.32 Å². The maximum Gasteiger partial charge on any atom is 1.00 e. The van der Waals surface area contributed by atoms with E-state index in [1.54, 1.807) is 0 Å². The first-order valence-corrected chi connectivity index (χ1v) is 10.1. The average molecular weight is 535 g/mol. The van der Waals surface area contributed by atoms with Crippen LogP contribution in [0.15, 0.2) is 0 Å². The van der Waals surface area contributed by atoms with Gasteiger partial charge in [-0.2, -0.15) is 16.2 Å². The van der Waals surface area contributed by atoms with Gasteiger partial charge in [-0.05, 0) is 6.10 Å². The zero-order chi connectivity index (χ0) is 24.6. The predicted molar refractivity (Wildman–Crippen MR) is 92.0 cm³/mol. The number of carbonyl (C=O) groups is 1. The summed E-state index contributed by atoms with van der Waals surface area (Å²) in [6.07, 6.45) is -12.1. The molecule has 9 atom stereocenters. The topological polar surface area (TPSA) is 248 Å². The van der Waals surface area contributed by atoms with E-state index in [0.717, 1.165) is 13.5 Å². The van der Waals surface area contributed by atoms with Gasteiger partial charge in [0.1, 0.15) is 30.5 Å². The Balaban J connectivity index is 0. The van der Waals surface area contributed by atoms with Crippen LogP contribution in [0.25, 0.3) is 0 Å². The van der Waals surface area contributed by atoms with Crippen LogP contribution in [0.4, 0.5) is 0 Å². The molecule has 0 aromatic heterocycles. The molecule has 2 fully saturated rings. The predicted octanol–water partition coefficient (Wildman–Crippen LogP) is -10.9. The van der Waals surface area contributed by atoms with Crippen LogP contribution in [0.3, 0.4) is 0 Å². The van der Waals surface area contributed by atoms with E-state index < -0.39 is 78.2 Å². The monoisotopic (exact) mass is 535 g/mol. The summed E-state index contributed by atoms with van der Waals surface area (Å²) in [6.45, 7) is 1.08. The van der Waals surface area contributed by atoms with E-state index in [2.05, 4.69) is 9.50 Å². The molecule has 16 nitrogen and oxygen atoms in total. The minimum atomic E-state index is -5.09. The number of rotatable bonds is 7. The second-order valence-corrected chi connectivity index (χ2v) is 7.54. The van der Waals surface area contributed by atoms with Crippen molar-refractivity contribution >= 4 is 22.5 Å². The second-order valence-electron chi connectivity index (χ2n) is 6.48. The number of ether oxygens (including phenoxy) is 4. The third-order valence-corrected chi connectivity index (χ3v) is 4.70. The fourth-order valence-electron chi connectivity index (χ4n) is 2.91. The summed E-state index contributed by atoms with van der Waals surface area (Å²) in [5, 5.41) is 42.2. The molecule has 3 unspecified atom stereocenters. The molecule has 2 rings (SSSR count). The first-order chi connectivity index (χ1) is 14.9. The molecule has 2 aliphatic heterocycles. The van der Waals surface area contributed by atoms with Crippen LogP contribution in [0.2, 0.25) is 0 Å². The molecular formula is C15H23NNa2O15S. The smallest absolute Gasteiger partial charge is 0.726 e. The zero-order valence-corrected chi connectivity index (χ0v) is 23.5. The standard InChI is InChI=1S/C14H24NO13S.CO2.2Na/c1-5(16)15-8-12(28-14-11(20)9(18)6(17)3-25-14)10(19)7(27-13(8)24-2)4-26-29(21,22)23;2-1-3;;/h3,6-14,17-20H,4H2,1-2H3,(H,15,16)(H,21,22,23);;;/q-1;;2*+1/p-1/t6-,7?,8?,9+,10-,11?,12-,13+,14+;;;/m1.../s1. The van der Waals surface area contributed by atoms with Crippen LogP contribution in [0.5, 0.6) is 0 Å². The van der Waals surface area contributed by atoms with Crippen molar-refractivity contribution in [2.45, 2.75) is 62.2 Å². The molecule has 0 radical (unpaired) electrons. The van der Waals surface area contributed by atoms with Gasteiger partial charge >= 0.3 is 65.3 Å². The number of hydrogen-bond donors (Lipinski definition) is 5. The molecule has 5 N–H and O–H groups in total. The van der Waals surface area contributed by atoms with Crippen molar-refractivity contribution < 1.29 is 130 Å². The van der Waals surface area contributed by atoms with Crippen molar-refractivity contribution in [2.24, 2.45) is 0 Å². The molecule has 19 heteroatoms. The molecule has 0 aromatic carbocycles. The number of hydrogen-bond acceptors (Lipinski definition) is 15. The van der Waals surface area contributed by atoms with E-state index >= 15 is 0 Å². The van der Waals surface area contributed by atoms with E-state index in [1.165, 1.54) is 7.11 Å². The summed E-state index contributed by atoms with van der Waals surface area (Å²) in [5.41, 5.74) is 0. The number of aliphatic hydroxyl groups is 4. The summed E-state index contributed by atoms with van der Waals surface area (Å²) in [6, 6.07) is -1.17. The van der Waals surface area contributed by atoms with Gasteiger partial charge in [-0.15, -0.1) is 0 Å². The number of methoxy groups -OCH3 is 1. The molecule has 34 heavy (non-hydrogen) atoms. The Bertz CT molecular complexity index is 752. The van der Waals surface area contributed by atoms with Gasteiger partial charge in [-0.1, -0.05) is 0 Å². The summed E-state index contributed by atoms with van der Waals surface area (Å²) < 4.78 is 57.2. The Hall–Kier alpha value is 0.400. The molecule has 0 saturated carbocycles. The van der Waals surface area contributed by atoms with Crippen LogP contribution >= 0.6 is 0 Å². The van der Waals surface area contributed by atoms with Crippen molar-refractivity contribution in [3.63, 3.8) is 0 Å². The van der Waals surface area contributed by atoms with Crippen LogP contribution in [0.1, 0.15) is 6.92 Å². The SMILES string of the molecule is CO[C@H]1OC(COS(=O)(=O)[O-])[C@@H](O)[C@H](O[C@@H]2O[CH-][C@@H](O)[C@H](O)C2O)C1NC(C)=O.O=C=O.[Na+].[Na+]. The molecule has 0 aromatic rings. The molecule has 186 valence electrons. The Morgan fingerprint density at radius 2 is 1.68 bits per heavy atom. The van der Waals surface area contributed by atoms with E-state index in [1.807, 2.05) is 0 Å². The van der Waals surface area contributed by atoms with Crippen molar-refractivity contribution in [1.29, 1.82) is 0 Å². The molecular weight excluding hydrogens is 512 g/mol. The molecule has 2 aliphatic rings. The third-order valence-electron chi connectivity index (χ3n) is 4.27. The summed E-state index contributed by atoms with van der Waals surface area (Å²) in [4.78, 5) is 27.8. The largest absolute Gasteiger partial charge is 1.00 e. The van der Waals surface area contributed by atoms with E-state index in [9.17, 15) is 38.2 Å². The van der Waals surface area contributed by atoms with Gasteiger partial charge in [0.2, 0.25) is 16.3 Å². The maximum absolute atomic E-state index is 11.6. The molecule has 0 bridgehead atoms. The van der Waals surface area contributed by atoms with E-state index in [0.29, 0.717) is 0 Å². The second kappa shape index (κ2) is 17.0. The van der Waals surface area contributed by atoms with Gasteiger partial charge in [0.25, 0.3) is 0 Å². The Labute approximate surface area is 238 Å². The van der Waals surface area contributed by atoms with E-state index in [4.69, 9.17) is 28.5 Å². The Morgan fingerprint density at radius 3 is 2.15 bits per heavy atom. The van der Waals surface area contributed by atoms with Crippen LogP contribution in [-0.2, 0) is 47.9 Å². The fourth-order valence-corrected chi connectivity index (χ4v) is 3.21. The molecule has 2 saturated heterocycles. The van der Waals surface area contributed by atoms with Crippen molar-refractivity contribution in [3.05, 3.63) is 6.61 Å². The fraction of sp³-hybridized carbons (Fsp3) is 0.800. The summed E-state index contributed by atoms with van der Waals surface area (Å²) in [5.74, 6) is -0.564. The van der Waals surface area contributed by atoms with Gasteiger partial charge in [0, 0.05) is 14.0 Å². The van der Waals surface area contributed by atoms with Gasteiger partial charge in [-0.25, -0.2) is 8.42 Å². The number of nitrogens with one attached hydrogen (secondary N) is 1. The number of carbonyl (C=O) groups excluding carboxylic acids is 3. The van der Waals surface area contributed by atoms with Crippen LogP contribution in [-0.4, -0.2) is 114 Å². The Kier molecular flexibility index (Phi) is 18.3. The zero-order valence-electron chi connectivity index (χ0n) is 18.7. The summed E-state index contributed by atoms with van der Waals surface area (Å²) >= 11 is 0. The van der Waals surface area contributed by atoms with Crippen LogP contribution in [0, 0.1) is 6.61 Å². The van der Waals surface area contributed by atoms with E-state index in [-0.39, 0.29) is 65.3 Å². The van der Waals surface area contributed by atoms with Crippen molar-refractivity contribution in [3.8, 4) is 0 Å². The normalized spacial score (nSPS) is 35.3. The molecule has 1 amide bonds. The minimum absolute atomic E-state index is 0. The van der Waals surface area contributed by atoms with Gasteiger partial charge in [0.15, 0.2) is 12.6 Å². The van der Waals surface area contributed by atoms with Gasteiger partial charge < -0.3 is 49.2 Å². The molecule has 0 spiro atoms. The first-order valence-electron chi connectivity index (χ1n) is 8.77. The Morgan fingerprint density at radius 1 is 1.12 bits per heavy atom. The minimum Gasteiger partial charge on any atom is -0.726 e. The van der Waals surface area contributed by atoms with Crippen LogP contribution < -0.4 is 64.4 Å². The van der Waals surface area contributed by atoms with Gasteiger partial charge in [0.05, 0.1) is 12.7 Å². The van der Waals surface area contributed by atoms with Crippen molar-refractivity contribution in [2.75, 3.05) is 13.7 Å². The third kappa shape index (κ3) is 11.2. The maximum atomic E-state index is 11.6.